The van der Waals surface area contributed by atoms with Crippen LogP contribution in [-0.2, 0) is 23.9 Å². The van der Waals surface area contributed by atoms with Crippen LogP contribution >= 0.6 is 0 Å². The topological polar surface area (TPSA) is 89.9 Å². The van der Waals surface area contributed by atoms with E-state index in [4.69, 9.17) is 9.47 Å². The number of allylic oxidation sites excluding steroid dienone is 1. The predicted molar refractivity (Wildman–Crippen MR) is 69.6 cm³/mol. The van der Waals surface area contributed by atoms with Gasteiger partial charge in [0, 0.05) is 12.5 Å². The molecule has 0 aromatic heterocycles. The van der Waals surface area contributed by atoms with Crippen LogP contribution in [0.3, 0.4) is 0 Å². The third-order valence-corrected chi connectivity index (χ3v) is 2.74. The van der Waals surface area contributed by atoms with Gasteiger partial charge in [0.05, 0.1) is 0 Å². The minimum Gasteiger partial charge on any atom is -0.458 e. The van der Waals surface area contributed by atoms with E-state index in [-0.39, 0.29) is 12.8 Å². The van der Waals surface area contributed by atoms with Crippen LogP contribution in [0.4, 0.5) is 0 Å². The monoisotopic (exact) mass is 282 g/mol. The number of esters is 2. The van der Waals surface area contributed by atoms with Crippen LogP contribution in [0, 0.1) is 0 Å². The van der Waals surface area contributed by atoms with Gasteiger partial charge in [0.15, 0.2) is 11.9 Å². The lowest BCUT2D eigenvalue weighted by Crippen LogP contribution is -2.33. The molecule has 110 valence electrons. The highest BCUT2D eigenvalue weighted by molar-refractivity contribution is 5.93. The van der Waals surface area contributed by atoms with Crippen LogP contribution in [0.5, 0.6) is 0 Å². The highest BCUT2D eigenvalue weighted by atomic mass is 16.6. The van der Waals surface area contributed by atoms with Crippen molar-refractivity contribution in [1.29, 1.82) is 0 Å². The van der Waals surface area contributed by atoms with Crippen molar-refractivity contribution in [3.05, 3.63) is 24.3 Å². The Balaban J connectivity index is 2.88. The molecule has 0 bridgehead atoms. The van der Waals surface area contributed by atoms with Crippen molar-refractivity contribution >= 4 is 17.7 Å². The molecule has 20 heavy (non-hydrogen) atoms. The quantitative estimate of drug-likeness (QED) is 0.592. The molecule has 1 rings (SSSR count). The van der Waals surface area contributed by atoms with Crippen molar-refractivity contribution in [2.24, 2.45) is 0 Å². The summed E-state index contributed by atoms with van der Waals surface area (Å²) in [5.74, 6) is -1.68. The summed E-state index contributed by atoms with van der Waals surface area (Å²) in [5, 5.41) is 9.51. The molecule has 0 saturated heterocycles. The zero-order valence-corrected chi connectivity index (χ0v) is 11.4. The largest absolute Gasteiger partial charge is 0.458 e. The molecule has 0 radical (unpaired) electrons. The number of aliphatic hydroxyl groups is 1. The molecule has 0 aromatic carbocycles. The lowest BCUT2D eigenvalue weighted by molar-refractivity contribution is -0.161. The molecule has 1 heterocycles. The summed E-state index contributed by atoms with van der Waals surface area (Å²) in [6.45, 7) is 3.23. The Hall–Kier alpha value is -1.95. The molecule has 6 nitrogen and oxygen atoms in total. The zero-order valence-electron chi connectivity index (χ0n) is 11.4. The first-order valence-electron chi connectivity index (χ1n) is 6.37. The fraction of sp³-hybridized carbons (Fsp3) is 0.500. The number of ketones is 1. The highest BCUT2D eigenvalue weighted by Crippen LogP contribution is 2.12. The van der Waals surface area contributed by atoms with Gasteiger partial charge in [-0.3, -0.25) is 9.59 Å². The number of aliphatic hydroxyl groups excluding tert-OH is 1. The molecule has 0 saturated carbocycles. The second-order valence-electron chi connectivity index (χ2n) is 4.41. The Morgan fingerprint density at radius 2 is 2.20 bits per heavy atom. The maximum atomic E-state index is 11.6. The molecule has 0 aromatic rings. The molecule has 0 amide bonds. The van der Waals surface area contributed by atoms with Crippen LogP contribution in [0.15, 0.2) is 24.3 Å². The molecule has 1 N–H and O–H groups in total. The molecular weight excluding hydrogens is 264 g/mol. The van der Waals surface area contributed by atoms with Gasteiger partial charge >= 0.3 is 11.9 Å². The van der Waals surface area contributed by atoms with Gasteiger partial charge < -0.3 is 14.6 Å². The van der Waals surface area contributed by atoms with Crippen molar-refractivity contribution in [3.63, 3.8) is 0 Å². The van der Waals surface area contributed by atoms with Gasteiger partial charge in [-0.1, -0.05) is 6.08 Å². The number of ether oxygens (including phenoxy) is 2. The summed E-state index contributed by atoms with van der Waals surface area (Å²) >= 11 is 0. The minimum atomic E-state index is -1.25. The van der Waals surface area contributed by atoms with E-state index in [1.807, 2.05) is 0 Å². The standard InChI is InChI=1S/C14H18O6/c1-3-4-13(17)20-12-7-5-10(15)11(16)6-8-14(18)19-9(12)2/h3-5,7,9,11-12,16H,6,8H2,1-2H3/b4-3+,7-5-/t9-,11+,12+/m1/s1. The average molecular weight is 282 g/mol. The maximum absolute atomic E-state index is 11.6. The predicted octanol–water partition coefficient (Wildman–Crippen LogP) is 0.686. The molecule has 3 atom stereocenters. The molecule has 0 spiro atoms. The number of hydrogen-bond acceptors (Lipinski definition) is 6. The lowest BCUT2D eigenvalue weighted by atomic mass is 10.1. The van der Waals surface area contributed by atoms with Gasteiger partial charge in [-0.15, -0.1) is 0 Å². The van der Waals surface area contributed by atoms with E-state index in [0.29, 0.717) is 0 Å². The van der Waals surface area contributed by atoms with Crippen LogP contribution in [0.2, 0.25) is 0 Å². The third kappa shape index (κ3) is 4.97. The van der Waals surface area contributed by atoms with Crippen molar-refractivity contribution in [1.82, 2.24) is 0 Å². The number of carbonyl (C=O) groups excluding carboxylic acids is 3. The maximum Gasteiger partial charge on any atom is 0.331 e. The Bertz CT molecular complexity index is 437. The van der Waals surface area contributed by atoms with Crippen molar-refractivity contribution in [2.75, 3.05) is 0 Å². The summed E-state index contributed by atoms with van der Waals surface area (Å²) in [6.07, 6.45) is 2.30. The van der Waals surface area contributed by atoms with E-state index in [1.54, 1.807) is 13.8 Å². The lowest BCUT2D eigenvalue weighted by Gasteiger charge is -2.22. The zero-order chi connectivity index (χ0) is 15.1. The van der Waals surface area contributed by atoms with E-state index < -0.39 is 36.0 Å². The summed E-state index contributed by atoms with van der Waals surface area (Å²) in [6, 6.07) is 0. The van der Waals surface area contributed by atoms with E-state index in [0.717, 1.165) is 6.08 Å². The first-order chi connectivity index (χ1) is 9.43. The summed E-state index contributed by atoms with van der Waals surface area (Å²) < 4.78 is 10.2. The second-order valence-corrected chi connectivity index (χ2v) is 4.41. The van der Waals surface area contributed by atoms with Gasteiger partial charge in [-0.25, -0.2) is 4.79 Å². The molecule has 1 aliphatic heterocycles. The van der Waals surface area contributed by atoms with Crippen molar-refractivity contribution in [2.45, 2.75) is 45.0 Å². The normalized spacial score (nSPS) is 29.9. The first kappa shape index (κ1) is 16.1. The molecule has 6 heteroatoms. The average Bonchev–Trinajstić information content (AvgIpc) is 2.39. The Labute approximate surface area is 117 Å². The van der Waals surface area contributed by atoms with Gasteiger partial charge in [0.1, 0.15) is 12.2 Å². The first-order valence-corrected chi connectivity index (χ1v) is 6.37. The highest BCUT2D eigenvalue weighted by Gasteiger charge is 2.25. The van der Waals surface area contributed by atoms with E-state index in [1.165, 1.54) is 18.2 Å². The Morgan fingerprint density at radius 1 is 1.50 bits per heavy atom. The molecular formula is C14H18O6. The van der Waals surface area contributed by atoms with Crippen LogP contribution in [0.1, 0.15) is 26.7 Å². The van der Waals surface area contributed by atoms with E-state index in [9.17, 15) is 19.5 Å². The fourth-order valence-electron chi connectivity index (χ4n) is 1.63. The van der Waals surface area contributed by atoms with Crippen molar-refractivity contribution in [3.8, 4) is 0 Å². The minimum absolute atomic E-state index is 0.0117. The molecule has 0 aliphatic carbocycles. The van der Waals surface area contributed by atoms with Crippen molar-refractivity contribution < 1.29 is 29.0 Å². The smallest absolute Gasteiger partial charge is 0.331 e. The van der Waals surface area contributed by atoms with Gasteiger partial charge in [-0.2, -0.15) is 0 Å². The summed E-state index contributed by atoms with van der Waals surface area (Å²) in [4.78, 5) is 34.5. The molecule has 0 fully saturated rings. The van der Waals surface area contributed by atoms with Gasteiger partial charge in [0.25, 0.3) is 0 Å². The number of rotatable bonds is 2. The van der Waals surface area contributed by atoms with Crippen LogP contribution in [-0.4, -0.2) is 41.1 Å². The summed E-state index contributed by atoms with van der Waals surface area (Å²) in [7, 11) is 0. The SMILES string of the molecule is C/C=C/C(=O)O[C@H]1/C=C\C(=O)[C@@H](O)CCC(=O)O[C@@H]1C. The number of hydrogen-bond donors (Lipinski definition) is 1. The van der Waals surface area contributed by atoms with Gasteiger partial charge in [-0.05, 0) is 32.4 Å². The Kier molecular flexibility index (Phi) is 6.11. The number of cyclic esters (lactones) is 1. The second kappa shape index (κ2) is 7.59. The van der Waals surface area contributed by atoms with Crippen LogP contribution in [0.25, 0.3) is 0 Å². The summed E-state index contributed by atoms with van der Waals surface area (Å²) in [5.41, 5.74) is 0. The molecule has 0 unspecified atom stereocenters. The van der Waals surface area contributed by atoms with Gasteiger partial charge in [0.2, 0.25) is 0 Å². The fourth-order valence-corrected chi connectivity index (χ4v) is 1.63. The number of carbonyl (C=O) groups is 3. The van der Waals surface area contributed by atoms with Crippen LogP contribution < -0.4 is 0 Å². The third-order valence-electron chi connectivity index (χ3n) is 2.74. The van der Waals surface area contributed by atoms with E-state index >= 15 is 0 Å². The Morgan fingerprint density at radius 3 is 2.85 bits per heavy atom. The van der Waals surface area contributed by atoms with E-state index in [2.05, 4.69) is 0 Å². The molecule has 1 aliphatic rings.